The van der Waals surface area contributed by atoms with Gasteiger partial charge >= 0.3 is 0 Å². The zero-order valence-electron chi connectivity index (χ0n) is 14.0. The van der Waals surface area contributed by atoms with Crippen molar-refractivity contribution < 1.29 is 14.3 Å². The molecule has 0 amide bonds. The van der Waals surface area contributed by atoms with Gasteiger partial charge in [0.1, 0.15) is 12.4 Å². The fourth-order valence-electron chi connectivity index (χ4n) is 2.76. The number of rotatable bonds is 6. The lowest BCUT2D eigenvalue weighted by atomic mass is 10.1. The first-order valence-corrected chi connectivity index (χ1v) is 7.92. The molecule has 0 fully saturated rings. The molecule has 0 saturated heterocycles. The quantitative estimate of drug-likeness (QED) is 0.632. The molecule has 1 aliphatic rings. The molecule has 3 aromatic heterocycles. The Morgan fingerprint density at radius 3 is 3.04 bits per heavy atom. The van der Waals surface area contributed by atoms with Gasteiger partial charge in [-0.2, -0.15) is 5.10 Å². The van der Waals surface area contributed by atoms with Crippen molar-refractivity contribution >= 4 is 23.6 Å². The average molecular weight is 349 g/mol. The molecule has 0 spiro atoms. The molecule has 4 rings (SSSR count). The normalized spacial score (nSPS) is 13.0. The van der Waals surface area contributed by atoms with Gasteiger partial charge in [-0.25, -0.2) is 9.50 Å². The van der Waals surface area contributed by atoms with Crippen LogP contribution in [0.15, 0.2) is 41.9 Å². The molecule has 0 atom stereocenters. The van der Waals surface area contributed by atoms with E-state index in [0.717, 1.165) is 22.3 Å². The number of methoxy groups -OCH3 is 1. The van der Waals surface area contributed by atoms with E-state index >= 15 is 0 Å². The van der Waals surface area contributed by atoms with E-state index in [9.17, 15) is 4.79 Å². The second-order valence-corrected chi connectivity index (χ2v) is 5.59. The van der Waals surface area contributed by atoms with Gasteiger partial charge in [-0.1, -0.05) is 0 Å². The van der Waals surface area contributed by atoms with Gasteiger partial charge in [0.05, 0.1) is 42.8 Å². The van der Waals surface area contributed by atoms with Crippen molar-refractivity contribution in [3.05, 3.63) is 53.8 Å². The molecule has 1 aliphatic heterocycles. The fraction of sp³-hybridized carbons (Fsp3) is 0.167. The third-order valence-corrected chi connectivity index (χ3v) is 4.07. The maximum Gasteiger partial charge on any atom is 0.213 e. The van der Waals surface area contributed by atoms with Crippen molar-refractivity contribution in [1.29, 1.82) is 0 Å². The summed E-state index contributed by atoms with van der Waals surface area (Å²) in [7, 11) is 1.49. The number of hydrogen-bond acceptors (Lipinski definition) is 7. The number of carbonyl (C=O) groups excluding carboxylic acids is 1. The van der Waals surface area contributed by atoms with Crippen molar-refractivity contribution in [1.82, 2.24) is 19.6 Å². The first-order chi connectivity index (χ1) is 12.8. The Bertz CT molecular complexity index is 1040. The van der Waals surface area contributed by atoms with Gasteiger partial charge in [-0.05, 0) is 6.08 Å². The number of carbonyl (C=O) groups is 1. The topological polar surface area (TPSA) is 91.0 Å². The van der Waals surface area contributed by atoms with Gasteiger partial charge in [-0.3, -0.25) is 14.8 Å². The molecule has 0 bridgehead atoms. The fourth-order valence-corrected chi connectivity index (χ4v) is 2.76. The first kappa shape index (κ1) is 15.9. The van der Waals surface area contributed by atoms with E-state index in [1.54, 1.807) is 29.3 Å². The van der Waals surface area contributed by atoms with Crippen LogP contribution in [-0.2, 0) is 6.61 Å². The number of pyridine rings is 1. The van der Waals surface area contributed by atoms with E-state index in [4.69, 9.17) is 9.47 Å². The van der Waals surface area contributed by atoms with E-state index in [2.05, 4.69) is 20.1 Å². The summed E-state index contributed by atoms with van der Waals surface area (Å²) in [5, 5.41) is 4.62. The largest absolute Gasteiger partial charge is 0.486 e. The van der Waals surface area contributed by atoms with Crippen LogP contribution < -0.4 is 9.47 Å². The van der Waals surface area contributed by atoms with Gasteiger partial charge in [0.25, 0.3) is 0 Å². The molecule has 0 N–H and O–H groups in total. The Labute approximate surface area is 148 Å². The molecule has 0 unspecified atom stereocenters. The Balaban J connectivity index is 1.69. The van der Waals surface area contributed by atoms with Crippen LogP contribution in [-0.4, -0.2) is 45.7 Å². The molecule has 0 aliphatic carbocycles. The molecular weight excluding hydrogens is 334 g/mol. The summed E-state index contributed by atoms with van der Waals surface area (Å²) in [5.74, 6) is 0.736. The average Bonchev–Trinajstić information content (AvgIpc) is 3.34. The van der Waals surface area contributed by atoms with E-state index in [1.807, 2.05) is 6.08 Å². The molecule has 3 aromatic rings. The lowest BCUT2D eigenvalue weighted by Crippen LogP contribution is -2.02. The highest BCUT2D eigenvalue weighted by Crippen LogP contribution is 2.27. The minimum Gasteiger partial charge on any atom is -0.486 e. The monoisotopic (exact) mass is 349 g/mol. The summed E-state index contributed by atoms with van der Waals surface area (Å²) in [4.78, 5) is 23.8. The molecule has 8 heteroatoms. The third kappa shape index (κ3) is 2.81. The SMILES string of the molecule is COc1cc(C=O)c(OCc2c(C3=CC=NC3)nn3ccncc23)cn1. The molecular formula is C18H15N5O3. The number of aldehydes is 1. The van der Waals surface area contributed by atoms with Crippen molar-refractivity contribution in [3.63, 3.8) is 0 Å². The smallest absolute Gasteiger partial charge is 0.213 e. The number of fused-ring (bicyclic) bond motifs is 1. The van der Waals surface area contributed by atoms with Gasteiger partial charge in [0, 0.05) is 35.8 Å². The maximum absolute atomic E-state index is 11.3. The van der Waals surface area contributed by atoms with Crippen LogP contribution in [0.1, 0.15) is 21.6 Å². The first-order valence-electron chi connectivity index (χ1n) is 7.92. The van der Waals surface area contributed by atoms with E-state index in [1.165, 1.54) is 19.4 Å². The van der Waals surface area contributed by atoms with Crippen LogP contribution in [0.25, 0.3) is 11.1 Å². The van der Waals surface area contributed by atoms with Crippen LogP contribution in [0.3, 0.4) is 0 Å². The Morgan fingerprint density at radius 2 is 2.27 bits per heavy atom. The highest BCUT2D eigenvalue weighted by molar-refractivity contribution is 5.90. The second kappa shape index (κ2) is 6.75. The van der Waals surface area contributed by atoms with Gasteiger partial charge < -0.3 is 9.47 Å². The van der Waals surface area contributed by atoms with E-state index in [-0.39, 0.29) is 6.61 Å². The molecule has 8 nitrogen and oxygen atoms in total. The zero-order valence-corrected chi connectivity index (χ0v) is 14.0. The predicted molar refractivity (Wildman–Crippen MR) is 94.8 cm³/mol. The van der Waals surface area contributed by atoms with Gasteiger partial charge in [0.2, 0.25) is 5.88 Å². The summed E-state index contributed by atoms with van der Waals surface area (Å²) in [5.41, 5.74) is 3.91. The molecule has 4 heterocycles. The number of nitrogens with zero attached hydrogens (tertiary/aromatic N) is 5. The summed E-state index contributed by atoms with van der Waals surface area (Å²) >= 11 is 0. The van der Waals surface area contributed by atoms with Crippen LogP contribution in [0.2, 0.25) is 0 Å². The second-order valence-electron chi connectivity index (χ2n) is 5.59. The lowest BCUT2D eigenvalue weighted by Gasteiger charge is -2.10. The minimum atomic E-state index is 0.219. The number of aliphatic imine (C=N–C) groups is 1. The number of ether oxygens (including phenoxy) is 2. The van der Waals surface area contributed by atoms with Crippen LogP contribution in [0.5, 0.6) is 11.6 Å². The van der Waals surface area contributed by atoms with Crippen molar-refractivity contribution in [2.75, 3.05) is 13.7 Å². The van der Waals surface area contributed by atoms with Crippen molar-refractivity contribution in [2.24, 2.45) is 4.99 Å². The molecule has 0 radical (unpaired) electrons. The van der Waals surface area contributed by atoms with Crippen molar-refractivity contribution in [2.45, 2.75) is 6.61 Å². The van der Waals surface area contributed by atoms with Gasteiger partial charge in [0.15, 0.2) is 6.29 Å². The Kier molecular flexibility index (Phi) is 4.14. The summed E-state index contributed by atoms with van der Waals surface area (Å²) < 4.78 is 12.7. The predicted octanol–water partition coefficient (Wildman–Crippen LogP) is 1.99. The number of hydrogen-bond donors (Lipinski definition) is 0. The van der Waals surface area contributed by atoms with Crippen LogP contribution in [0.4, 0.5) is 0 Å². The molecule has 0 saturated carbocycles. The van der Waals surface area contributed by atoms with Crippen LogP contribution >= 0.6 is 0 Å². The van der Waals surface area contributed by atoms with E-state index < -0.39 is 0 Å². The highest BCUT2D eigenvalue weighted by Gasteiger charge is 2.19. The molecule has 0 aromatic carbocycles. The maximum atomic E-state index is 11.3. The summed E-state index contributed by atoms with van der Waals surface area (Å²) in [6, 6.07) is 1.54. The standard InChI is InChI=1S/C18H15N5O3/c1-25-17-6-13(10-24)16(9-21-17)26-11-14-15-8-20-4-5-23(15)22-18(14)12-2-3-19-7-12/h2-6,8-10H,7,11H2,1H3. The highest BCUT2D eigenvalue weighted by atomic mass is 16.5. The van der Waals surface area contributed by atoms with Crippen LogP contribution in [0, 0.1) is 0 Å². The minimum absolute atomic E-state index is 0.219. The summed E-state index contributed by atoms with van der Waals surface area (Å²) in [6.45, 7) is 0.796. The third-order valence-electron chi connectivity index (χ3n) is 4.07. The lowest BCUT2D eigenvalue weighted by molar-refractivity contribution is 0.111. The number of aromatic nitrogens is 4. The Morgan fingerprint density at radius 1 is 1.35 bits per heavy atom. The molecule has 26 heavy (non-hydrogen) atoms. The van der Waals surface area contributed by atoms with E-state index in [0.29, 0.717) is 30.0 Å². The van der Waals surface area contributed by atoms with Gasteiger partial charge in [-0.15, -0.1) is 0 Å². The zero-order chi connectivity index (χ0) is 17.9. The number of allylic oxidation sites excluding steroid dienone is 1. The van der Waals surface area contributed by atoms with Crippen molar-refractivity contribution in [3.8, 4) is 11.6 Å². The molecule has 130 valence electrons. The summed E-state index contributed by atoms with van der Waals surface area (Å²) in [6.07, 6.45) is 11.1. The Hall–Kier alpha value is -3.55.